The number of hydrogen-bond donors (Lipinski definition) is 3. The molecule has 0 bridgehead atoms. The molecule has 0 unspecified atom stereocenters. The number of hydrogen-bond acceptors (Lipinski definition) is 5. The summed E-state index contributed by atoms with van der Waals surface area (Å²) in [6.45, 7) is 0.274. The summed E-state index contributed by atoms with van der Waals surface area (Å²) in [7, 11) is 1.52. The van der Waals surface area contributed by atoms with Crippen LogP contribution >= 0.6 is 23.2 Å². The highest BCUT2D eigenvalue weighted by atomic mass is 35.5. The quantitative estimate of drug-likeness (QED) is 0.375. The van der Waals surface area contributed by atoms with E-state index in [-0.39, 0.29) is 30.2 Å². The third kappa shape index (κ3) is 4.94. The van der Waals surface area contributed by atoms with Gasteiger partial charge >= 0.3 is 0 Å². The molecule has 0 aliphatic rings. The fourth-order valence-electron chi connectivity index (χ4n) is 3.43. The van der Waals surface area contributed by atoms with Crippen molar-refractivity contribution in [3.05, 3.63) is 97.4 Å². The topological polar surface area (TPSA) is 104 Å². The van der Waals surface area contributed by atoms with Crippen LogP contribution in [0.15, 0.2) is 59.5 Å². The van der Waals surface area contributed by atoms with Gasteiger partial charge in [-0.05, 0) is 47.5 Å². The predicted octanol–water partition coefficient (Wildman–Crippen LogP) is 4.46. The third-order valence-corrected chi connectivity index (χ3v) is 5.91. The van der Waals surface area contributed by atoms with Crippen molar-refractivity contribution in [2.75, 3.05) is 7.11 Å². The first kappa shape index (κ1) is 22.6. The van der Waals surface area contributed by atoms with Crippen molar-refractivity contribution in [3.63, 3.8) is 0 Å². The van der Waals surface area contributed by atoms with Crippen molar-refractivity contribution in [2.45, 2.75) is 13.0 Å². The van der Waals surface area contributed by atoms with E-state index in [1.807, 2.05) is 0 Å². The number of rotatable bonds is 6. The van der Waals surface area contributed by atoms with E-state index >= 15 is 0 Å². The second-order valence-electron chi connectivity index (χ2n) is 7.36. The summed E-state index contributed by atoms with van der Waals surface area (Å²) < 4.78 is 5.09. The van der Waals surface area contributed by atoms with Gasteiger partial charge in [0.2, 0.25) is 5.88 Å². The number of aromatic hydroxyl groups is 1. The van der Waals surface area contributed by atoms with Crippen molar-refractivity contribution in [1.82, 2.24) is 15.3 Å². The van der Waals surface area contributed by atoms with E-state index in [0.717, 1.165) is 5.56 Å². The zero-order valence-corrected chi connectivity index (χ0v) is 19.0. The average Bonchev–Trinajstić information content (AvgIpc) is 2.82. The molecule has 1 amide bonds. The number of nitrogens with zero attached hydrogens (tertiary/aromatic N) is 1. The maximum atomic E-state index is 12.7. The van der Waals surface area contributed by atoms with E-state index in [4.69, 9.17) is 27.9 Å². The van der Waals surface area contributed by atoms with Gasteiger partial charge in [-0.3, -0.25) is 9.59 Å². The number of carbonyl (C=O) groups is 1. The van der Waals surface area contributed by atoms with Crippen LogP contribution in [0, 0.1) is 0 Å². The van der Waals surface area contributed by atoms with E-state index in [9.17, 15) is 14.7 Å². The van der Waals surface area contributed by atoms with Gasteiger partial charge in [0, 0.05) is 36.2 Å². The molecule has 0 spiro atoms. The molecule has 7 nitrogen and oxygen atoms in total. The molecule has 4 aromatic rings. The molecule has 0 atom stereocenters. The monoisotopic (exact) mass is 483 g/mol. The van der Waals surface area contributed by atoms with Gasteiger partial charge in [0.15, 0.2) is 0 Å². The Morgan fingerprint density at radius 2 is 1.91 bits per heavy atom. The first-order chi connectivity index (χ1) is 15.9. The smallest absolute Gasteiger partial charge is 0.255 e. The molecule has 0 saturated carbocycles. The maximum absolute atomic E-state index is 12.7. The molecule has 3 N–H and O–H groups in total. The predicted molar refractivity (Wildman–Crippen MR) is 127 cm³/mol. The van der Waals surface area contributed by atoms with Gasteiger partial charge in [0.25, 0.3) is 11.5 Å². The highest BCUT2D eigenvalue weighted by Gasteiger charge is 2.15. The Labute approximate surface area is 199 Å². The molecule has 0 saturated heterocycles. The van der Waals surface area contributed by atoms with Gasteiger partial charge in [-0.2, -0.15) is 0 Å². The van der Waals surface area contributed by atoms with Crippen molar-refractivity contribution < 1.29 is 14.6 Å². The standard InChI is InChI=1S/C24H19Cl2N3O4/c1-33-21-10-14(6-7-27-21)12-28-23(31)15-3-5-20-16(11-15)22(30)17(24(32)29-20)8-13-2-4-18(25)19(26)9-13/h2-7,9-11H,8,12H2,1H3,(H,28,31)(H2,29,30,32). The number of amides is 1. The number of aromatic amines is 1. The van der Waals surface area contributed by atoms with E-state index in [1.54, 1.807) is 54.7 Å². The van der Waals surface area contributed by atoms with Crippen LogP contribution in [0.5, 0.6) is 11.6 Å². The third-order valence-electron chi connectivity index (χ3n) is 5.17. The Hall–Kier alpha value is -3.55. The van der Waals surface area contributed by atoms with Gasteiger partial charge in [0.1, 0.15) is 5.75 Å². The van der Waals surface area contributed by atoms with E-state index in [0.29, 0.717) is 38.0 Å². The molecule has 33 heavy (non-hydrogen) atoms. The second kappa shape index (κ2) is 9.52. The van der Waals surface area contributed by atoms with Crippen LogP contribution in [-0.2, 0) is 13.0 Å². The minimum Gasteiger partial charge on any atom is -0.507 e. The van der Waals surface area contributed by atoms with E-state index in [2.05, 4.69) is 15.3 Å². The molecular formula is C24H19Cl2N3O4. The summed E-state index contributed by atoms with van der Waals surface area (Å²) in [4.78, 5) is 32.1. The summed E-state index contributed by atoms with van der Waals surface area (Å²) in [5, 5.41) is 14.8. The highest BCUT2D eigenvalue weighted by molar-refractivity contribution is 6.42. The number of aromatic nitrogens is 2. The molecule has 0 radical (unpaired) electrons. The van der Waals surface area contributed by atoms with Crippen LogP contribution in [-0.4, -0.2) is 28.1 Å². The zero-order chi connectivity index (χ0) is 23.5. The van der Waals surface area contributed by atoms with Crippen molar-refractivity contribution >= 4 is 40.0 Å². The molecule has 0 fully saturated rings. The van der Waals surface area contributed by atoms with Crippen LogP contribution in [0.2, 0.25) is 10.0 Å². The molecule has 2 aromatic heterocycles. The molecule has 0 aliphatic carbocycles. The lowest BCUT2D eigenvalue weighted by Crippen LogP contribution is -2.23. The lowest BCUT2D eigenvalue weighted by Gasteiger charge is -2.11. The molecule has 9 heteroatoms. The normalized spacial score (nSPS) is 10.9. The molecule has 4 rings (SSSR count). The van der Waals surface area contributed by atoms with E-state index < -0.39 is 5.56 Å². The Morgan fingerprint density at radius 3 is 2.67 bits per heavy atom. The average molecular weight is 484 g/mol. The Morgan fingerprint density at radius 1 is 1.09 bits per heavy atom. The number of carbonyl (C=O) groups excluding carboxylic acids is 1. The first-order valence-electron chi connectivity index (χ1n) is 9.94. The first-order valence-corrected chi connectivity index (χ1v) is 10.7. The lowest BCUT2D eigenvalue weighted by atomic mass is 10.0. The maximum Gasteiger partial charge on any atom is 0.255 e. The van der Waals surface area contributed by atoms with Crippen molar-refractivity contribution in [3.8, 4) is 11.6 Å². The number of nitrogens with one attached hydrogen (secondary N) is 2. The fraction of sp³-hybridized carbons (Fsp3) is 0.125. The van der Waals surface area contributed by atoms with Gasteiger partial charge in [-0.1, -0.05) is 29.3 Å². The summed E-state index contributed by atoms with van der Waals surface area (Å²) in [5.41, 5.74) is 2.05. The summed E-state index contributed by atoms with van der Waals surface area (Å²) in [6, 6.07) is 13.2. The summed E-state index contributed by atoms with van der Waals surface area (Å²) >= 11 is 12.0. The number of ether oxygens (including phenoxy) is 1. The molecule has 168 valence electrons. The number of pyridine rings is 2. The van der Waals surface area contributed by atoms with Gasteiger partial charge < -0.3 is 20.1 Å². The van der Waals surface area contributed by atoms with Crippen LogP contribution in [0.1, 0.15) is 27.0 Å². The van der Waals surface area contributed by atoms with Gasteiger partial charge in [-0.15, -0.1) is 0 Å². The summed E-state index contributed by atoms with van der Waals surface area (Å²) in [5.74, 6) is -0.0616. The van der Waals surface area contributed by atoms with Gasteiger partial charge in [-0.25, -0.2) is 4.98 Å². The minimum atomic E-state index is -0.421. The second-order valence-corrected chi connectivity index (χ2v) is 8.17. The fourth-order valence-corrected chi connectivity index (χ4v) is 3.75. The number of halogens is 2. The number of methoxy groups -OCH3 is 1. The molecule has 2 aromatic carbocycles. The largest absolute Gasteiger partial charge is 0.507 e. The van der Waals surface area contributed by atoms with Crippen LogP contribution < -0.4 is 15.6 Å². The molecular weight excluding hydrogens is 465 g/mol. The molecule has 2 heterocycles. The molecule has 0 aliphatic heterocycles. The number of fused-ring (bicyclic) bond motifs is 1. The van der Waals surface area contributed by atoms with Gasteiger partial charge in [0.05, 0.1) is 28.2 Å². The zero-order valence-electron chi connectivity index (χ0n) is 17.5. The number of benzene rings is 2. The number of H-pyrrole nitrogens is 1. The van der Waals surface area contributed by atoms with Crippen molar-refractivity contribution in [2.24, 2.45) is 0 Å². The van der Waals surface area contributed by atoms with Crippen LogP contribution in [0.3, 0.4) is 0 Å². The van der Waals surface area contributed by atoms with Crippen molar-refractivity contribution in [1.29, 1.82) is 0 Å². The summed E-state index contributed by atoms with van der Waals surface area (Å²) in [6.07, 6.45) is 1.74. The van der Waals surface area contributed by atoms with Crippen LogP contribution in [0.25, 0.3) is 10.9 Å². The minimum absolute atomic E-state index is 0.147. The Bertz CT molecular complexity index is 1420. The van der Waals surface area contributed by atoms with Crippen LogP contribution in [0.4, 0.5) is 0 Å². The Kier molecular flexibility index (Phi) is 6.53. The Balaban J connectivity index is 1.61. The van der Waals surface area contributed by atoms with E-state index in [1.165, 1.54) is 7.11 Å². The highest BCUT2D eigenvalue weighted by Crippen LogP contribution is 2.29. The SMILES string of the molecule is COc1cc(CNC(=O)c2ccc3[nH]c(=O)c(Cc4ccc(Cl)c(Cl)c4)c(O)c3c2)ccn1. The lowest BCUT2D eigenvalue weighted by molar-refractivity contribution is 0.0951.